The predicted molar refractivity (Wildman–Crippen MR) is 68.7 cm³/mol. The van der Waals surface area contributed by atoms with Crippen LogP contribution in [0.25, 0.3) is 0 Å². The minimum absolute atomic E-state index is 0.215. The molecule has 17 heavy (non-hydrogen) atoms. The van der Waals surface area contributed by atoms with Crippen LogP contribution in [0.3, 0.4) is 0 Å². The number of carbonyl (C=O) groups is 1. The summed E-state index contributed by atoms with van der Waals surface area (Å²) in [4.78, 5) is 15.9. The fraction of sp³-hybridized carbons (Fsp3) is 0.923. The highest BCUT2D eigenvalue weighted by Crippen LogP contribution is 2.23. The second-order valence-electron chi connectivity index (χ2n) is 5.48. The number of carbonyl (C=O) groups excluding carboxylic acids is 1. The van der Waals surface area contributed by atoms with Crippen molar-refractivity contribution in [2.75, 3.05) is 26.2 Å². The Labute approximate surface area is 104 Å². The van der Waals surface area contributed by atoms with Crippen LogP contribution in [0.2, 0.25) is 0 Å². The van der Waals surface area contributed by atoms with Gasteiger partial charge in [-0.15, -0.1) is 0 Å². The largest absolute Gasteiger partial charge is 0.342 e. The average molecular weight is 239 g/mol. The summed E-state index contributed by atoms with van der Waals surface area (Å²) in [5, 5.41) is 0. The van der Waals surface area contributed by atoms with Crippen molar-refractivity contribution in [2.45, 2.75) is 51.1 Å². The van der Waals surface area contributed by atoms with Crippen LogP contribution in [0.5, 0.6) is 0 Å². The van der Waals surface area contributed by atoms with E-state index in [1.807, 2.05) is 4.90 Å². The first-order chi connectivity index (χ1) is 8.16. The minimum atomic E-state index is 0.215. The molecule has 98 valence electrons. The van der Waals surface area contributed by atoms with Crippen LogP contribution in [0, 0.1) is 0 Å². The third-order valence-corrected chi connectivity index (χ3v) is 4.18. The van der Waals surface area contributed by atoms with Crippen LogP contribution < -0.4 is 5.73 Å². The van der Waals surface area contributed by atoms with Gasteiger partial charge in [0.1, 0.15) is 0 Å². The van der Waals surface area contributed by atoms with Gasteiger partial charge in [0, 0.05) is 45.2 Å². The van der Waals surface area contributed by atoms with Gasteiger partial charge >= 0.3 is 0 Å². The van der Waals surface area contributed by atoms with Crippen LogP contribution >= 0.6 is 0 Å². The zero-order valence-corrected chi connectivity index (χ0v) is 10.9. The van der Waals surface area contributed by atoms with E-state index in [0.717, 1.165) is 39.0 Å². The molecule has 0 aromatic carbocycles. The molecule has 2 fully saturated rings. The Balaban J connectivity index is 1.87. The first kappa shape index (κ1) is 12.8. The van der Waals surface area contributed by atoms with Crippen LogP contribution in [0.4, 0.5) is 0 Å². The van der Waals surface area contributed by atoms with Gasteiger partial charge in [-0.25, -0.2) is 0 Å². The highest BCUT2D eigenvalue weighted by atomic mass is 16.2. The van der Waals surface area contributed by atoms with Gasteiger partial charge in [-0.05, 0) is 25.7 Å². The molecule has 2 atom stereocenters. The lowest BCUT2D eigenvalue weighted by atomic mass is 9.90. The lowest BCUT2D eigenvalue weighted by molar-refractivity contribution is -0.128. The molecule has 2 aliphatic rings. The number of hydrogen-bond acceptors (Lipinski definition) is 3. The third kappa shape index (κ3) is 3.42. The maximum absolute atomic E-state index is 11.4. The second-order valence-corrected chi connectivity index (χ2v) is 5.48. The van der Waals surface area contributed by atoms with Gasteiger partial charge in [0.15, 0.2) is 0 Å². The zero-order chi connectivity index (χ0) is 12.3. The molecule has 0 bridgehead atoms. The van der Waals surface area contributed by atoms with E-state index in [-0.39, 0.29) is 5.91 Å². The quantitative estimate of drug-likeness (QED) is 0.737. The van der Waals surface area contributed by atoms with Gasteiger partial charge in [0.2, 0.25) is 5.91 Å². The summed E-state index contributed by atoms with van der Waals surface area (Å²) in [6.07, 6.45) is 5.97. The predicted octanol–water partition coefficient (Wildman–Crippen LogP) is 0.811. The van der Waals surface area contributed by atoms with Crippen molar-refractivity contribution >= 4 is 5.91 Å². The summed E-state index contributed by atoms with van der Waals surface area (Å²) in [5.74, 6) is 0.215. The molecule has 1 aliphatic heterocycles. The van der Waals surface area contributed by atoms with E-state index in [0.29, 0.717) is 12.1 Å². The Morgan fingerprint density at radius 3 is 2.65 bits per heavy atom. The minimum Gasteiger partial charge on any atom is -0.342 e. The molecule has 2 rings (SSSR count). The molecule has 2 N–H and O–H groups in total. The molecule has 4 heteroatoms. The third-order valence-electron chi connectivity index (χ3n) is 4.18. The highest BCUT2D eigenvalue weighted by Gasteiger charge is 2.26. The Morgan fingerprint density at radius 1 is 1.12 bits per heavy atom. The van der Waals surface area contributed by atoms with E-state index < -0.39 is 0 Å². The summed E-state index contributed by atoms with van der Waals surface area (Å²) >= 11 is 0. The first-order valence-electron chi connectivity index (χ1n) is 6.92. The molecular formula is C13H25N3O. The van der Waals surface area contributed by atoms with E-state index in [1.165, 1.54) is 19.3 Å². The normalized spacial score (nSPS) is 32.2. The summed E-state index contributed by atoms with van der Waals surface area (Å²) in [6.45, 7) is 5.63. The van der Waals surface area contributed by atoms with Gasteiger partial charge in [0.25, 0.3) is 0 Å². The number of nitrogens with two attached hydrogens (primary N) is 1. The Bertz CT molecular complexity index is 269. The van der Waals surface area contributed by atoms with Gasteiger partial charge < -0.3 is 10.6 Å². The van der Waals surface area contributed by atoms with Gasteiger partial charge in [-0.3, -0.25) is 9.69 Å². The molecule has 0 aromatic rings. The first-order valence-corrected chi connectivity index (χ1v) is 6.92. The van der Waals surface area contributed by atoms with Crippen molar-refractivity contribution in [3.05, 3.63) is 0 Å². The Hall–Kier alpha value is -0.610. The van der Waals surface area contributed by atoms with Crippen LogP contribution in [-0.2, 0) is 4.79 Å². The number of amides is 1. The number of hydrogen-bond donors (Lipinski definition) is 1. The smallest absolute Gasteiger partial charge is 0.219 e. The van der Waals surface area contributed by atoms with Crippen molar-refractivity contribution in [2.24, 2.45) is 5.73 Å². The maximum atomic E-state index is 11.4. The molecule has 1 amide bonds. The Morgan fingerprint density at radius 2 is 1.94 bits per heavy atom. The molecule has 1 saturated carbocycles. The average Bonchev–Trinajstić information content (AvgIpc) is 2.54. The van der Waals surface area contributed by atoms with E-state index in [9.17, 15) is 4.79 Å². The van der Waals surface area contributed by atoms with E-state index in [2.05, 4.69) is 4.90 Å². The van der Waals surface area contributed by atoms with Crippen molar-refractivity contribution in [3.8, 4) is 0 Å². The van der Waals surface area contributed by atoms with Crippen molar-refractivity contribution in [1.82, 2.24) is 9.80 Å². The monoisotopic (exact) mass is 239 g/mol. The topological polar surface area (TPSA) is 49.6 Å². The molecule has 1 heterocycles. The summed E-state index contributed by atoms with van der Waals surface area (Å²) < 4.78 is 0. The molecular weight excluding hydrogens is 214 g/mol. The molecule has 0 spiro atoms. The van der Waals surface area contributed by atoms with Crippen molar-refractivity contribution < 1.29 is 4.79 Å². The summed E-state index contributed by atoms with van der Waals surface area (Å²) in [5.41, 5.74) is 6.06. The highest BCUT2D eigenvalue weighted by molar-refractivity contribution is 5.73. The fourth-order valence-corrected chi connectivity index (χ4v) is 3.15. The molecule has 0 radical (unpaired) electrons. The van der Waals surface area contributed by atoms with Crippen LogP contribution in [-0.4, -0.2) is 54.0 Å². The number of nitrogens with zero attached hydrogens (tertiary/aromatic N) is 2. The number of rotatable bonds is 1. The Kier molecular flexibility index (Phi) is 4.40. The zero-order valence-electron chi connectivity index (χ0n) is 10.9. The lowest BCUT2D eigenvalue weighted by Gasteiger charge is -2.35. The van der Waals surface area contributed by atoms with E-state index in [4.69, 9.17) is 5.73 Å². The van der Waals surface area contributed by atoms with Crippen LogP contribution in [0.15, 0.2) is 0 Å². The summed E-state index contributed by atoms with van der Waals surface area (Å²) in [7, 11) is 0. The molecule has 2 unspecified atom stereocenters. The van der Waals surface area contributed by atoms with E-state index in [1.54, 1.807) is 6.92 Å². The standard InChI is InChI=1S/C13H25N3O/c1-11(17)15-6-3-7-16(9-8-15)13-5-2-4-12(14)10-13/h12-13H,2-10,14H2,1H3. The molecule has 4 nitrogen and oxygen atoms in total. The molecule has 1 aliphatic carbocycles. The van der Waals surface area contributed by atoms with Gasteiger partial charge in [0.05, 0.1) is 0 Å². The van der Waals surface area contributed by atoms with Crippen molar-refractivity contribution in [3.63, 3.8) is 0 Å². The second kappa shape index (κ2) is 5.83. The maximum Gasteiger partial charge on any atom is 0.219 e. The van der Waals surface area contributed by atoms with Crippen LogP contribution in [0.1, 0.15) is 39.0 Å². The molecule has 0 aromatic heterocycles. The van der Waals surface area contributed by atoms with E-state index >= 15 is 0 Å². The van der Waals surface area contributed by atoms with Gasteiger partial charge in [-0.2, -0.15) is 0 Å². The van der Waals surface area contributed by atoms with Gasteiger partial charge in [-0.1, -0.05) is 6.42 Å². The lowest BCUT2D eigenvalue weighted by Crippen LogP contribution is -2.44. The summed E-state index contributed by atoms with van der Waals surface area (Å²) in [6, 6.07) is 1.05. The van der Waals surface area contributed by atoms with Crippen molar-refractivity contribution in [1.29, 1.82) is 0 Å². The molecule has 1 saturated heterocycles. The fourth-order valence-electron chi connectivity index (χ4n) is 3.15. The SMILES string of the molecule is CC(=O)N1CCCN(C2CCCC(N)C2)CC1.